The van der Waals surface area contributed by atoms with Crippen LogP contribution in [0.2, 0.25) is 48.4 Å². The smallest absolute Gasteiger partial charge is 0.0527 e. The van der Waals surface area contributed by atoms with Gasteiger partial charge in [0.25, 0.3) is 0 Å². The molecule has 0 aliphatic carbocycles. The maximum atomic E-state index is 2.44. The molecule has 0 atom stereocenters. The third kappa shape index (κ3) is 9.73. The number of hydrogen-bond acceptors (Lipinski definition) is 2. The summed E-state index contributed by atoms with van der Waals surface area (Å²) < 4.78 is 0. The van der Waals surface area contributed by atoms with Crippen LogP contribution >= 0.6 is 21.6 Å². The van der Waals surface area contributed by atoms with Gasteiger partial charge in [-0.3, -0.25) is 0 Å². The molecule has 0 aliphatic rings. The van der Waals surface area contributed by atoms with E-state index in [0.29, 0.717) is 0 Å². The summed E-state index contributed by atoms with van der Waals surface area (Å²) in [6.07, 6.45) is 5.88. The van der Waals surface area contributed by atoms with Gasteiger partial charge in [0, 0.05) is 11.5 Å². The van der Waals surface area contributed by atoms with E-state index in [1.54, 1.807) is 12.1 Å². The molecule has 0 saturated heterocycles. The SMILES string of the molecule is CC[Si](CC)(CC)CCCCSSCCCC[Si](CC)(CC)CC. The average Bonchev–Trinajstić information content (AvgIpc) is 2.64. The molecule has 0 saturated carbocycles. The predicted molar refractivity (Wildman–Crippen MR) is 127 cm³/mol. The van der Waals surface area contributed by atoms with E-state index >= 15 is 0 Å². The largest absolute Gasteiger partial charge is 0.0942 e. The van der Waals surface area contributed by atoms with Gasteiger partial charge in [-0.1, -0.05) is 124 Å². The lowest BCUT2D eigenvalue weighted by molar-refractivity contribution is 0.860. The number of rotatable bonds is 17. The van der Waals surface area contributed by atoms with E-state index in [1.807, 2.05) is 0 Å². The highest BCUT2D eigenvalue weighted by atomic mass is 33.1. The first-order valence-electron chi connectivity index (χ1n) is 10.8. The van der Waals surface area contributed by atoms with Gasteiger partial charge in [-0.2, -0.15) is 0 Å². The Hall–Kier alpha value is 1.13. The molecule has 0 bridgehead atoms. The Kier molecular flexibility index (Phi) is 15.9. The lowest BCUT2D eigenvalue weighted by Crippen LogP contribution is -2.30. The van der Waals surface area contributed by atoms with Crippen molar-refractivity contribution in [2.75, 3.05) is 11.5 Å². The van der Waals surface area contributed by atoms with Crippen LogP contribution in [0.4, 0.5) is 0 Å². The van der Waals surface area contributed by atoms with Gasteiger partial charge in [-0.05, 0) is 12.8 Å². The van der Waals surface area contributed by atoms with E-state index in [1.165, 1.54) is 73.5 Å². The fraction of sp³-hybridized carbons (Fsp3) is 1.00. The molecule has 24 heavy (non-hydrogen) atoms. The van der Waals surface area contributed by atoms with E-state index in [9.17, 15) is 0 Å². The van der Waals surface area contributed by atoms with Crippen LogP contribution < -0.4 is 0 Å². The molecule has 0 heterocycles. The fourth-order valence-corrected chi connectivity index (χ4v) is 13.4. The first kappa shape index (κ1) is 25.1. The third-order valence-electron chi connectivity index (χ3n) is 6.95. The van der Waals surface area contributed by atoms with Crippen molar-refractivity contribution in [2.24, 2.45) is 0 Å². The molecule has 0 aromatic heterocycles. The van der Waals surface area contributed by atoms with Crippen molar-refractivity contribution in [1.29, 1.82) is 0 Å². The first-order chi connectivity index (χ1) is 11.6. The quantitative estimate of drug-likeness (QED) is 0.134. The lowest BCUT2D eigenvalue weighted by Gasteiger charge is -2.28. The van der Waals surface area contributed by atoms with Crippen molar-refractivity contribution in [1.82, 2.24) is 0 Å². The molecule has 0 N–H and O–H groups in total. The Balaban J connectivity index is 3.58. The van der Waals surface area contributed by atoms with Gasteiger partial charge >= 0.3 is 0 Å². The molecule has 0 unspecified atom stereocenters. The minimum Gasteiger partial charge on any atom is -0.0942 e. The van der Waals surface area contributed by atoms with Crippen molar-refractivity contribution >= 4 is 37.7 Å². The number of hydrogen-bond donors (Lipinski definition) is 0. The summed E-state index contributed by atoms with van der Waals surface area (Å²) in [4.78, 5) is 0. The molecular formula is C20H46S2Si2. The lowest BCUT2D eigenvalue weighted by atomic mass is 10.4. The normalized spacial score (nSPS) is 12.8. The predicted octanol–water partition coefficient (Wildman–Crippen LogP) is 8.95. The topological polar surface area (TPSA) is 0 Å². The highest BCUT2D eigenvalue weighted by Crippen LogP contribution is 2.31. The van der Waals surface area contributed by atoms with E-state index in [-0.39, 0.29) is 0 Å². The van der Waals surface area contributed by atoms with Crippen molar-refractivity contribution in [3.05, 3.63) is 0 Å². The molecule has 0 fully saturated rings. The summed E-state index contributed by atoms with van der Waals surface area (Å²) in [7, 11) is 2.60. The molecule has 0 aromatic rings. The maximum absolute atomic E-state index is 2.44. The zero-order valence-corrected chi connectivity index (χ0v) is 21.3. The maximum Gasteiger partial charge on any atom is 0.0527 e. The first-order valence-corrected chi connectivity index (χ1v) is 19.0. The van der Waals surface area contributed by atoms with Crippen LogP contribution in [-0.4, -0.2) is 27.7 Å². The Morgan fingerprint density at radius 2 is 0.750 bits per heavy atom. The van der Waals surface area contributed by atoms with E-state index in [4.69, 9.17) is 0 Å². The highest BCUT2D eigenvalue weighted by Gasteiger charge is 2.26. The second-order valence-corrected chi connectivity index (χ2v) is 21.6. The van der Waals surface area contributed by atoms with Crippen LogP contribution in [0.5, 0.6) is 0 Å². The van der Waals surface area contributed by atoms with Gasteiger partial charge in [-0.25, -0.2) is 0 Å². The molecule has 0 amide bonds. The van der Waals surface area contributed by atoms with Crippen LogP contribution in [0.1, 0.15) is 67.2 Å². The summed E-state index contributed by atoms with van der Waals surface area (Å²) in [5.74, 6) is 2.76. The van der Waals surface area contributed by atoms with E-state index in [2.05, 4.69) is 63.1 Å². The van der Waals surface area contributed by atoms with Crippen LogP contribution in [0, 0.1) is 0 Å². The molecule has 0 aliphatic heterocycles. The zero-order chi connectivity index (χ0) is 18.3. The Labute approximate surface area is 164 Å². The standard InChI is InChI=1S/C20H46S2Si2/c1-7-23(8-2,9-3)19-15-13-17-21-22-18-14-16-20-24(10-4,11-5)12-6/h7-20H2,1-6H3. The van der Waals surface area contributed by atoms with Gasteiger partial charge in [0.1, 0.15) is 0 Å². The van der Waals surface area contributed by atoms with Crippen molar-refractivity contribution in [3.63, 3.8) is 0 Å². The van der Waals surface area contributed by atoms with Crippen molar-refractivity contribution in [3.8, 4) is 0 Å². The summed E-state index contributed by atoms with van der Waals surface area (Å²) in [5, 5.41) is 0. The van der Waals surface area contributed by atoms with Crippen LogP contribution in [0.3, 0.4) is 0 Å². The highest BCUT2D eigenvalue weighted by molar-refractivity contribution is 8.76. The fourth-order valence-electron chi connectivity index (χ4n) is 4.00. The molecule has 0 radical (unpaired) electrons. The Bertz CT molecular complexity index is 232. The minimum atomic E-state index is -0.845. The number of unbranched alkanes of at least 4 members (excludes halogenated alkanes) is 2. The molecule has 146 valence electrons. The molecule has 0 aromatic carbocycles. The van der Waals surface area contributed by atoms with Gasteiger partial charge < -0.3 is 0 Å². The van der Waals surface area contributed by atoms with Crippen LogP contribution in [0.25, 0.3) is 0 Å². The molecule has 0 spiro atoms. The van der Waals surface area contributed by atoms with Gasteiger partial charge in [0.05, 0.1) is 16.1 Å². The Morgan fingerprint density at radius 1 is 0.458 bits per heavy atom. The van der Waals surface area contributed by atoms with Crippen LogP contribution in [0.15, 0.2) is 0 Å². The van der Waals surface area contributed by atoms with Gasteiger partial charge in [0.15, 0.2) is 0 Å². The zero-order valence-electron chi connectivity index (χ0n) is 17.7. The Morgan fingerprint density at radius 3 is 1.00 bits per heavy atom. The summed E-state index contributed by atoms with van der Waals surface area (Å²) in [5.41, 5.74) is 0. The molecular weight excluding hydrogens is 361 g/mol. The van der Waals surface area contributed by atoms with E-state index < -0.39 is 16.1 Å². The van der Waals surface area contributed by atoms with Gasteiger partial charge in [0.2, 0.25) is 0 Å². The second-order valence-electron chi connectivity index (χ2n) is 7.68. The van der Waals surface area contributed by atoms with Crippen LogP contribution in [-0.2, 0) is 0 Å². The third-order valence-corrected chi connectivity index (χ3v) is 21.4. The summed E-state index contributed by atoms with van der Waals surface area (Å²) in [6, 6.07) is 12.2. The summed E-state index contributed by atoms with van der Waals surface area (Å²) in [6.45, 7) is 14.6. The van der Waals surface area contributed by atoms with E-state index in [0.717, 1.165) is 0 Å². The monoisotopic (exact) mass is 406 g/mol. The van der Waals surface area contributed by atoms with Crippen molar-refractivity contribution < 1.29 is 0 Å². The minimum absolute atomic E-state index is 0.845. The van der Waals surface area contributed by atoms with Crippen molar-refractivity contribution in [2.45, 2.75) is 116 Å². The second kappa shape index (κ2) is 15.2. The summed E-state index contributed by atoms with van der Waals surface area (Å²) >= 11 is 0. The molecule has 0 rings (SSSR count). The molecule has 4 heteroatoms. The molecule has 0 nitrogen and oxygen atoms in total. The average molecular weight is 407 g/mol. The van der Waals surface area contributed by atoms with Gasteiger partial charge in [-0.15, -0.1) is 0 Å².